The normalized spacial score (nSPS) is 9.77. The molecule has 0 saturated heterocycles. The summed E-state index contributed by atoms with van der Waals surface area (Å²) in [5.41, 5.74) is 7.04. The number of allylic oxidation sites excluding steroid dienone is 1. The van der Waals surface area contributed by atoms with E-state index in [1.807, 2.05) is 13.8 Å². The maximum atomic E-state index is 10.9. The monoisotopic (exact) mass is 184 g/mol. The lowest BCUT2D eigenvalue weighted by Gasteiger charge is -2.05. The molecule has 0 unspecified atom stereocenters. The second-order valence-corrected chi connectivity index (χ2v) is 3.30. The van der Waals surface area contributed by atoms with Gasteiger partial charge >= 0.3 is 0 Å². The molecule has 0 aromatic rings. The van der Waals surface area contributed by atoms with Crippen LogP contribution in [0.2, 0.25) is 0 Å². The number of primary amides is 1. The Morgan fingerprint density at radius 2 is 2.00 bits per heavy atom. The van der Waals surface area contributed by atoms with Gasteiger partial charge in [0.2, 0.25) is 5.91 Å². The van der Waals surface area contributed by atoms with Crippen molar-refractivity contribution < 1.29 is 4.79 Å². The Kier molecular flexibility index (Phi) is 6.24. The van der Waals surface area contributed by atoms with E-state index in [2.05, 4.69) is 12.2 Å². The van der Waals surface area contributed by atoms with Gasteiger partial charge in [-0.2, -0.15) is 0 Å². The molecular formula is C10H20N2O. The molecule has 0 spiro atoms. The Morgan fingerprint density at radius 1 is 1.38 bits per heavy atom. The molecule has 0 aromatic carbocycles. The van der Waals surface area contributed by atoms with E-state index in [9.17, 15) is 4.79 Å². The third-order valence-electron chi connectivity index (χ3n) is 1.93. The third kappa shape index (κ3) is 5.42. The number of hydrogen-bond acceptors (Lipinski definition) is 2. The SMILES string of the molecule is CCNCCCC(C(N)=O)=C(C)C. The number of rotatable bonds is 6. The van der Waals surface area contributed by atoms with Crippen LogP contribution in [0, 0.1) is 0 Å². The highest BCUT2D eigenvalue weighted by Gasteiger charge is 2.05. The molecule has 13 heavy (non-hydrogen) atoms. The molecule has 3 nitrogen and oxygen atoms in total. The van der Waals surface area contributed by atoms with Gasteiger partial charge in [-0.25, -0.2) is 0 Å². The second-order valence-electron chi connectivity index (χ2n) is 3.30. The van der Waals surface area contributed by atoms with Crippen LogP contribution in [0.3, 0.4) is 0 Å². The molecule has 3 N–H and O–H groups in total. The molecule has 0 fully saturated rings. The Morgan fingerprint density at radius 3 is 2.38 bits per heavy atom. The van der Waals surface area contributed by atoms with E-state index in [0.29, 0.717) is 0 Å². The van der Waals surface area contributed by atoms with Crippen LogP contribution in [0.15, 0.2) is 11.1 Å². The summed E-state index contributed by atoms with van der Waals surface area (Å²) in [6.45, 7) is 7.83. The lowest BCUT2D eigenvalue weighted by atomic mass is 10.1. The van der Waals surface area contributed by atoms with Crippen LogP contribution < -0.4 is 11.1 Å². The minimum Gasteiger partial charge on any atom is -0.366 e. The zero-order chi connectivity index (χ0) is 10.3. The number of carbonyl (C=O) groups is 1. The van der Waals surface area contributed by atoms with E-state index in [1.54, 1.807) is 0 Å². The van der Waals surface area contributed by atoms with E-state index in [1.165, 1.54) is 0 Å². The highest BCUT2D eigenvalue weighted by Crippen LogP contribution is 2.09. The molecule has 0 saturated carbocycles. The van der Waals surface area contributed by atoms with Gasteiger partial charge in [0.15, 0.2) is 0 Å². The average Bonchev–Trinajstić information content (AvgIpc) is 2.02. The molecule has 1 amide bonds. The summed E-state index contributed by atoms with van der Waals surface area (Å²) in [4.78, 5) is 10.9. The summed E-state index contributed by atoms with van der Waals surface area (Å²) in [5.74, 6) is -0.281. The molecule has 0 aliphatic heterocycles. The van der Waals surface area contributed by atoms with Crippen LogP contribution in [0.5, 0.6) is 0 Å². The van der Waals surface area contributed by atoms with Gasteiger partial charge in [-0.3, -0.25) is 4.79 Å². The minimum atomic E-state index is -0.281. The second kappa shape index (κ2) is 6.66. The predicted octanol–water partition coefficient (Wildman–Crippen LogP) is 1.20. The Hall–Kier alpha value is -0.830. The zero-order valence-corrected chi connectivity index (χ0v) is 8.81. The van der Waals surface area contributed by atoms with E-state index in [-0.39, 0.29) is 5.91 Å². The number of nitrogens with one attached hydrogen (secondary N) is 1. The first-order valence-corrected chi connectivity index (χ1v) is 4.76. The molecule has 0 aliphatic rings. The Bertz CT molecular complexity index is 193. The van der Waals surface area contributed by atoms with Gasteiger partial charge in [-0.15, -0.1) is 0 Å². The van der Waals surface area contributed by atoms with E-state index in [4.69, 9.17) is 5.73 Å². The summed E-state index contributed by atoms with van der Waals surface area (Å²) in [5, 5.41) is 3.21. The molecular weight excluding hydrogens is 164 g/mol. The van der Waals surface area contributed by atoms with Crippen LogP contribution in [-0.4, -0.2) is 19.0 Å². The number of amides is 1. The van der Waals surface area contributed by atoms with Crippen LogP contribution >= 0.6 is 0 Å². The van der Waals surface area contributed by atoms with Crippen molar-refractivity contribution in [3.8, 4) is 0 Å². The number of hydrogen-bond donors (Lipinski definition) is 2. The van der Waals surface area contributed by atoms with Gasteiger partial charge in [0.25, 0.3) is 0 Å². The predicted molar refractivity (Wildman–Crippen MR) is 55.3 cm³/mol. The van der Waals surface area contributed by atoms with Gasteiger partial charge in [0, 0.05) is 5.57 Å². The molecule has 3 heteroatoms. The highest BCUT2D eigenvalue weighted by molar-refractivity contribution is 5.92. The van der Waals surface area contributed by atoms with Gasteiger partial charge in [-0.1, -0.05) is 12.5 Å². The van der Waals surface area contributed by atoms with Gasteiger partial charge in [0.05, 0.1) is 0 Å². The largest absolute Gasteiger partial charge is 0.366 e. The third-order valence-corrected chi connectivity index (χ3v) is 1.93. The summed E-state index contributed by atoms with van der Waals surface area (Å²) in [7, 11) is 0. The van der Waals surface area contributed by atoms with E-state index < -0.39 is 0 Å². The summed E-state index contributed by atoms with van der Waals surface area (Å²) >= 11 is 0. The first-order valence-electron chi connectivity index (χ1n) is 4.76. The molecule has 0 bridgehead atoms. The van der Waals surface area contributed by atoms with Crippen molar-refractivity contribution in [2.75, 3.05) is 13.1 Å². The molecule has 0 atom stereocenters. The van der Waals surface area contributed by atoms with Gasteiger partial charge < -0.3 is 11.1 Å². The van der Waals surface area contributed by atoms with Gasteiger partial charge in [-0.05, 0) is 39.8 Å². The summed E-state index contributed by atoms with van der Waals surface area (Å²) in [6, 6.07) is 0. The molecule has 76 valence electrons. The van der Waals surface area contributed by atoms with Crippen LogP contribution in [0.25, 0.3) is 0 Å². The van der Waals surface area contributed by atoms with E-state index in [0.717, 1.165) is 37.1 Å². The van der Waals surface area contributed by atoms with Crippen molar-refractivity contribution in [2.24, 2.45) is 5.73 Å². The lowest BCUT2D eigenvalue weighted by molar-refractivity contribution is -0.114. The topological polar surface area (TPSA) is 55.1 Å². The van der Waals surface area contributed by atoms with Crippen molar-refractivity contribution in [3.63, 3.8) is 0 Å². The molecule has 0 heterocycles. The van der Waals surface area contributed by atoms with Crippen LogP contribution in [0.4, 0.5) is 0 Å². The maximum absolute atomic E-state index is 10.9. The van der Waals surface area contributed by atoms with Crippen molar-refractivity contribution in [1.82, 2.24) is 5.32 Å². The summed E-state index contributed by atoms with van der Waals surface area (Å²) < 4.78 is 0. The van der Waals surface area contributed by atoms with Crippen molar-refractivity contribution >= 4 is 5.91 Å². The molecule has 0 radical (unpaired) electrons. The van der Waals surface area contributed by atoms with Gasteiger partial charge in [0.1, 0.15) is 0 Å². The standard InChI is InChI=1S/C10H20N2O/c1-4-12-7-5-6-9(8(2)3)10(11)13/h12H,4-7H2,1-3H3,(H2,11,13). The first-order chi connectivity index (χ1) is 6.09. The highest BCUT2D eigenvalue weighted by atomic mass is 16.1. The van der Waals surface area contributed by atoms with E-state index >= 15 is 0 Å². The molecule has 0 aromatic heterocycles. The minimum absolute atomic E-state index is 0.281. The van der Waals surface area contributed by atoms with Crippen molar-refractivity contribution in [3.05, 3.63) is 11.1 Å². The number of nitrogens with two attached hydrogens (primary N) is 1. The maximum Gasteiger partial charge on any atom is 0.244 e. The average molecular weight is 184 g/mol. The van der Waals surface area contributed by atoms with Crippen molar-refractivity contribution in [1.29, 1.82) is 0 Å². The molecule has 0 aliphatic carbocycles. The Labute approximate surface area is 80.4 Å². The fraction of sp³-hybridized carbons (Fsp3) is 0.700. The quantitative estimate of drug-likeness (QED) is 0.481. The first kappa shape index (κ1) is 12.2. The summed E-state index contributed by atoms with van der Waals surface area (Å²) in [6.07, 6.45) is 1.75. The lowest BCUT2D eigenvalue weighted by Crippen LogP contribution is -2.18. The molecule has 0 rings (SSSR count). The zero-order valence-electron chi connectivity index (χ0n) is 8.81. The smallest absolute Gasteiger partial charge is 0.244 e. The Balaban J connectivity index is 3.87. The number of carbonyl (C=O) groups excluding carboxylic acids is 1. The fourth-order valence-electron chi connectivity index (χ4n) is 1.19. The van der Waals surface area contributed by atoms with Crippen LogP contribution in [-0.2, 0) is 4.79 Å². The fourth-order valence-corrected chi connectivity index (χ4v) is 1.19. The van der Waals surface area contributed by atoms with Crippen molar-refractivity contribution in [2.45, 2.75) is 33.6 Å². The van der Waals surface area contributed by atoms with Crippen LogP contribution in [0.1, 0.15) is 33.6 Å².